The summed E-state index contributed by atoms with van der Waals surface area (Å²) in [6.07, 6.45) is 4.72. The summed E-state index contributed by atoms with van der Waals surface area (Å²) in [6, 6.07) is 5.03. The van der Waals surface area contributed by atoms with E-state index < -0.39 is 29.4 Å². The molecule has 1 amide bonds. The van der Waals surface area contributed by atoms with Crippen molar-refractivity contribution in [3.63, 3.8) is 0 Å². The highest BCUT2D eigenvalue weighted by Gasteiger charge is 2.32. The second-order valence-corrected chi connectivity index (χ2v) is 9.00. The molecule has 1 atom stereocenters. The summed E-state index contributed by atoms with van der Waals surface area (Å²) in [5.74, 6) is -2.47. The van der Waals surface area contributed by atoms with Crippen molar-refractivity contribution in [3.05, 3.63) is 98.7 Å². The van der Waals surface area contributed by atoms with Crippen LogP contribution in [0.25, 0.3) is 0 Å². The van der Waals surface area contributed by atoms with Crippen LogP contribution in [-0.2, 0) is 12.8 Å². The monoisotopic (exact) mass is 515 g/mol. The number of nitrogens with two attached hydrogens (primary N) is 1. The van der Waals surface area contributed by atoms with Gasteiger partial charge in [-0.15, -0.1) is 0 Å². The molecule has 0 fully saturated rings. The molecule has 0 spiro atoms. The number of nitrogens with zero attached hydrogens (tertiary/aromatic N) is 3. The van der Waals surface area contributed by atoms with Crippen LogP contribution in [0.3, 0.4) is 0 Å². The molecule has 4 rings (SSSR count). The number of carbonyl (C=O) groups excluding carboxylic acids is 1. The summed E-state index contributed by atoms with van der Waals surface area (Å²) >= 11 is 6.56. The van der Waals surface area contributed by atoms with Gasteiger partial charge in [0, 0.05) is 42.7 Å². The van der Waals surface area contributed by atoms with E-state index >= 15 is 0 Å². The van der Waals surface area contributed by atoms with E-state index in [1.807, 2.05) is 0 Å². The SMILES string of the molecule is CN=C(C1=C(N)[C@@H](C)N(C(=O)c2cc(F)cc(CCc3cn[nH]c3)c2Cl)CC1)c1cc(F)cc(F)c1. The van der Waals surface area contributed by atoms with Gasteiger partial charge in [0.1, 0.15) is 17.5 Å². The summed E-state index contributed by atoms with van der Waals surface area (Å²) in [6.45, 7) is 1.98. The second kappa shape index (κ2) is 10.6. The highest BCUT2D eigenvalue weighted by atomic mass is 35.5. The molecule has 3 aromatic rings. The largest absolute Gasteiger partial charge is 0.400 e. The van der Waals surface area contributed by atoms with Gasteiger partial charge in [0.15, 0.2) is 0 Å². The number of benzene rings is 2. The number of hydrogen-bond acceptors (Lipinski definition) is 4. The number of aryl methyl sites for hydroxylation is 2. The molecular formula is C26H25ClF3N5O. The van der Waals surface area contributed by atoms with Crippen LogP contribution in [0.2, 0.25) is 5.02 Å². The minimum atomic E-state index is -0.727. The van der Waals surface area contributed by atoms with E-state index in [9.17, 15) is 18.0 Å². The van der Waals surface area contributed by atoms with Crippen molar-refractivity contribution in [1.29, 1.82) is 0 Å². The van der Waals surface area contributed by atoms with Crippen LogP contribution < -0.4 is 5.73 Å². The highest BCUT2D eigenvalue weighted by Crippen LogP contribution is 2.30. The molecule has 6 nitrogen and oxygen atoms in total. The molecule has 0 aliphatic carbocycles. The van der Waals surface area contributed by atoms with Crippen LogP contribution >= 0.6 is 11.6 Å². The predicted octanol–water partition coefficient (Wildman–Crippen LogP) is 4.83. The Kier molecular flexibility index (Phi) is 7.49. The van der Waals surface area contributed by atoms with Gasteiger partial charge in [-0.2, -0.15) is 5.10 Å². The molecule has 2 aromatic carbocycles. The maximum atomic E-state index is 14.5. The number of nitrogens with one attached hydrogen (secondary N) is 1. The zero-order valence-electron chi connectivity index (χ0n) is 19.8. The lowest BCUT2D eigenvalue weighted by atomic mass is 9.91. The second-order valence-electron chi connectivity index (χ2n) is 8.62. The van der Waals surface area contributed by atoms with Gasteiger partial charge in [0.05, 0.1) is 28.5 Å². The van der Waals surface area contributed by atoms with E-state index in [4.69, 9.17) is 17.3 Å². The van der Waals surface area contributed by atoms with Gasteiger partial charge in [-0.1, -0.05) is 11.6 Å². The van der Waals surface area contributed by atoms with Crippen LogP contribution in [0, 0.1) is 17.5 Å². The minimum absolute atomic E-state index is 0.0542. The lowest BCUT2D eigenvalue weighted by molar-refractivity contribution is 0.0706. The molecule has 10 heteroatoms. The first-order valence-corrected chi connectivity index (χ1v) is 11.8. The molecule has 188 valence electrons. The number of aliphatic imine (C=N–C) groups is 1. The van der Waals surface area contributed by atoms with Gasteiger partial charge in [-0.05, 0) is 61.6 Å². The van der Waals surface area contributed by atoms with Crippen molar-refractivity contribution < 1.29 is 18.0 Å². The normalized spacial score (nSPS) is 16.6. The number of halogens is 4. The number of aromatic amines is 1. The Morgan fingerprint density at radius 2 is 1.86 bits per heavy atom. The van der Waals surface area contributed by atoms with E-state index in [0.717, 1.165) is 17.7 Å². The molecule has 1 aromatic heterocycles. The zero-order chi connectivity index (χ0) is 26.0. The molecule has 0 radical (unpaired) electrons. The molecule has 0 unspecified atom stereocenters. The van der Waals surface area contributed by atoms with Crippen molar-refractivity contribution in [2.24, 2.45) is 10.7 Å². The number of carbonyl (C=O) groups is 1. The standard InChI is InChI=1S/C26H25ClF3N5O/c1-14-24(31)21(25(32-2)17-8-18(28)10-19(29)9-17)5-6-35(14)26(36)22-11-20(30)7-16(23(22)27)4-3-15-12-33-34-13-15/h7-14H,3-6,31H2,1-2H3,(H,33,34)/t14-/m1/s1. The fourth-order valence-corrected chi connectivity index (χ4v) is 4.77. The first kappa shape index (κ1) is 25.5. The third-order valence-electron chi connectivity index (χ3n) is 6.36. The van der Waals surface area contributed by atoms with Crippen LogP contribution in [0.4, 0.5) is 13.2 Å². The van der Waals surface area contributed by atoms with E-state index in [-0.39, 0.29) is 22.7 Å². The fraction of sp³-hybridized carbons (Fsp3) is 0.269. The predicted molar refractivity (Wildman–Crippen MR) is 133 cm³/mol. The molecular weight excluding hydrogens is 491 g/mol. The Hall–Kier alpha value is -3.59. The highest BCUT2D eigenvalue weighted by molar-refractivity contribution is 6.34. The van der Waals surface area contributed by atoms with Gasteiger partial charge in [0.25, 0.3) is 5.91 Å². The Balaban J connectivity index is 1.61. The maximum absolute atomic E-state index is 14.5. The Morgan fingerprint density at radius 1 is 1.17 bits per heavy atom. The Bertz CT molecular complexity index is 1330. The van der Waals surface area contributed by atoms with Gasteiger partial charge in [-0.25, -0.2) is 13.2 Å². The summed E-state index contributed by atoms with van der Waals surface area (Å²) < 4.78 is 42.1. The van der Waals surface area contributed by atoms with Crippen molar-refractivity contribution >= 4 is 23.2 Å². The third-order valence-corrected chi connectivity index (χ3v) is 6.80. The molecule has 1 aliphatic heterocycles. The molecule has 36 heavy (non-hydrogen) atoms. The summed E-state index contributed by atoms with van der Waals surface area (Å²) in [7, 11) is 1.51. The number of aromatic nitrogens is 2. The van der Waals surface area contributed by atoms with Gasteiger partial charge in [-0.3, -0.25) is 14.9 Å². The molecule has 0 saturated heterocycles. The van der Waals surface area contributed by atoms with E-state index in [0.29, 0.717) is 41.8 Å². The van der Waals surface area contributed by atoms with Gasteiger partial charge >= 0.3 is 0 Å². The van der Waals surface area contributed by atoms with Crippen LogP contribution in [0.15, 0.2) is 59.0 Å². The maximum Gasteiger partial charge on any atom is 0.256 e. The lowest BCUT2D eigenvalue weighted by Crippen LogP contribution is -2.46. The topological polar surface area (TPSA) is 87.4 Å². The van der Waals surface area contributed by atoms with Crippen molar-refractivity contribution in [3.8, 4) is 0 Å². The van der Waals surface area contributed by atoms with Crippen LogP contribution in [0.5, 0.6) is 0 Å². The van der Waals surface area contributed by atoms with Crippen LogP contribution in [-0.4, -0.2) is 46.4 Å². The number of amides is 1. The van der Waals surface area contributed by atoms with Crippen molar-refractivity contribution in [1.82, 2.24) is 15.1 Å². The Morgan fingerprint density at radius 3 is 2.50 bits per heavy atom. The zero-order valence-corrected chi connectivity index (χ0v) is 20.5. The molecule has 0 saturated carbocycles. The summed E-state index contributed by atoms with van der Waals surface area (Å²) in [5.41, 5.74) is 9.49. The van der Waals surface area contributed by atoms with Crippen LogP contribution in [0.1, 0.15) is 40.4 Å². The molecule has 0 bridgehead atoms. The fourth-order valence-electron chi connectivity index (χ4n) is 4.48. The number of rotatable bonds is 6. The Labute approximate surface area is 211 Å². The first-order valence-electron chi connectivity index (χ1n) is 11.4. The van der Waals surface area contributed by atoms with Gasteiger partial charge in [0.2, 0.25) is 0 Å². The smallest absolute Gasteiger partial charge is 0.256 e. The van der Waals surface area contributed by atoms with Gasteiger partial charge < -0.3 is 10.6 Å². The quantitative estimate of drug-likeness (QED) is 0.461. The average Bonchev–Trinajstić information content (AvgIpc) is 3.35. The van der Waals surface area contributed by atoms with E-state index in [1.165, 1.54) is 30.1 Å². The number of H-pyrrole nitrogens is 1. The number of hydrogen-bond donors (Lipinski definition) is 2. The van der Waals surface area contributed by atoms with E-state index in [1.54, 1.807) is 19.3 Å². The van der Waals surface area contributed by atoms with Crippen molar-refractivity contribution in [2.75, 3.05) is 13.6 Å². The molecule has 3 N–H and O–H groups in total. The first-order chi connectivity index (χ1) is 17.2. The van der Waals surface area contributed by atoms with Crippen molar-refractivity contribution in [2.45, 2.75) is 32.2 Å². The summed E-state index contributed by atoms with van der Waals surface area (Å²) in [5, 5.41) is 6.81. The molecule has 2 heterocycles. The third kappa shape index (κ3) is 5.16. The van der Waals surface area contributed by atoms with E-state index in [2.05, 4.69) is 15.2 Å². The average molecular weight is 516 g/mol. The molecule has 1 aliphatic rings. The minimum Gasteiger partial charge on any atom is -0.400 e. The lowest BCUT2D eigenvalue weighted by Gasteiger charge is -2.36. The summed E-state index contributed by atoms with van der Waals surface area (Å²) in [4.78, 5) is 19.2.